The third-order valence-corrected chi connectivity index (χ3v) is 5.38. The maximum atomic E-state index is 13.7. The standard InChI is InChI=1S/C13H18FNO3S/c1-13(2,16)12-8-5-9-15(12)19(17,18)11-7-4-3-6-10(11)14/h3-4,6-7,12,16H,5,8-9H2,1-2H3. The number of halogens is 1. The fourth-order valence-electron chi connectivity index (χ4n) is 2.51. The zero-order chi connectivity index (χ0) is 14.3. The van der Waals surface area contributed by atoms with Crippen LogP contribution in [0.25, 0.3) is 0 Å². The quantitative estimate of drug-likeness (QED) is 0.921. The van der Waals surface area contributed by atoms with Gasteiger partial charge in [-0.15, -0.1) is 0 Å². The van der Waals surface area contributed by atoms with Gasteiger partial charge in [0.25, 0.3) is 0 Å². The summed E-state index contributed by atoms with van der Waals surface area (Å²) in [5.74, 6) is -0.760. The van der Waals surface area contributed by atoms with E-state index in [1.165, 1.54) is 22.5 Å². The molecule has 1 heterocycles. The van der Waals surface area contributed by atoms with Gasteiger partial charge in [0.05, 0.1) is 11.6 Å². The number of sulfonamides is 1. The van der Waals surface area contributed by atoms with Crippen LogP contribution in [0.5, 0.6) is 0 Å². The van der Waals surface area contributed by atoms with E-state index in [4.69, 9.17) is 0 Å². The predicted molar refractivity (Wildman–Crippen MR) is 69.6 cm³/mol. The Bertz CT molecular complexity index is 565. The lowest BCUT2D eigenvalue weighted by molar-refractivity contribution is 0.0214. The van der Waals surface area contributed by atoms with Gasteiger partial charge in [-0.3, -0.25) is 0 Å². The van der Waals surface area contributed by atoms with Gasteiger partial charge in [0.15, 0.2) is 0 Å². The molecule has 1 aliphatic rings. The number of hydrogen-bond donors (Lipinski definition) is 1. The van der Waals surface area contributed by atoms with Crippen molar-refractivity contribution in [3.8, 4) is 0 Å². The van der Waals surface area contributed by atoms with Crippen molar-refractivity contribution in [2.75, 3.05) is 6.54 Å². The van der Waals surface area contributed by atoms with Crippen molar-refractivity contribution in [2.24, 2.45) is 0 Å². The van der Waals surface area contributed by atoms with Crippen LogP contribution in [0.4, 0.5) is 4.39 Å². The van der Waals surface area contributed by atoms with Crippen LogP contribution in [0.2, 0.25) is 0 Å². The van der Waals surface area contributed by atoms with Crippen LogP contribution in [-0.4, -0.2) is 36.0 Å². The molecule has 1 N–H and O–H groups in total. The number of rotatable bonds is 3. The van der Waals surface area contributed by atoms with E-state index in [0.717, 1.165) is 6.07 Å². The molecule has 1 unspecified atom stereocenters. The molecule has 1 saturated heterocycles. The van der Waals surface area contributed by atoms with Crippen LogP contribution in [-0.2, 0) is 10.0 Å². The normalized spacial score (nSPS) is 21.8. The summed E-state index contributed by atoms with van der Waals surface area (Å²) in [5, 5.41) is 10.1. The van der Waals surface area contributed by atoms with Crippen LogP contribution in [0, 0.1) is 5.82 Å². The zero-order valence-corrected chi connectivity index (χ0v) is 11.8. The molecule has 0 saturated carbocycles. The van der Waals surface area contributed by atoms with Crippen LogP contribution >= 0.6 is 0 Å². The topological polar surface area (TPSA) is 57.6 Å². The third-order valence-electron chi connectivity index (χ3n) is 3.44. The number of hydrogen-bond acceptors (Lipinski definition) is 3. The molecule has 19 heavy (non-hydrogen) atoms. The third kappa shape index (κ3) is 2.66. The zero-order valence-electron chi connectivity index (χ0n) is 11.0. The summed E-state index contributed by atoms with van der Waals surface area (Å²) < 4.78 is 39.9. The first kappa shape index (κ1) is 14.4. The summed E-state index contributed by atoms with van der Waals surface area (Å²) in [6.07, 6.45) is 1.25. The highest BCUT2D eigenvalue weighted by atomic mass is 32.2. The van der Waals surface area contributed by atoms with E-state index in [-0.39, 0.29) is 4.90 Å². The molecule has 0 aliphatic carbocycles. The summed E-state index contributed by atoms with van der Waals surface area (Å²) in [6, 6.07) is 4.81. The number of benzene rings is 1. The van der Waals surface area contributed by atoms with Crippen LogP contribution in [0.3, 0.4) is 0 Å². The Balaban J connectivity index is 2.43. The summed E-state index contributed by atoms with van der Waals surface area (Å²) in [5.41, 5.74) is -1.14. The summed E-state index contributed by atoms with van der Waals surface area (Å²) in [7, 11) is -3.90. The predicted octanol–water partition coefficient (Wildman–Crippen LogP) is 1.75. The van der Waals surface area contributed by atoms with E-state index in [2.05, 4.69) is 0 Å². The molecule has 0 amide bonds. The Kier molecular flexibility index (Phi) is 3.68. The molecule has 2 rings (SSSR count). The smallest absolute Gasteiger partial charge is 0.246 e. The van der Waals surface area contributed by atoms with E-state index in [1.807, 2.05) is 0 Å². The summed E-state index contributed by atoms with van der Waals surface area (Å²) in [4.78, 5) is -0.328. The molecular formula is C13H18FNO3S. The molecule has 1 aliphatic heterocycles. The SMILES string of the molecule is CC(C)(O)C1CCCN1S(=O)(=O)c1ccccc1F. The maximum Gasteiger partial charge on any atom is 0.246 e. The van der Waals surface area contributed by atoms with Crippen molar-refractivity contribution >= 4 is 10.0 Å². The van der Waals surface area contributed by atoms with Crippen molar-refractivity contribution in [3.05, 3.63) is 30.1 Å². The van der Waals surface area contributed by atoms with Gasteiger partial charge >= 0.3 is 0 Å². The highest BCUT2D eigenvalue weighted by molar-refractivity contribution is 7.89. The van der Waals surface area contributed by atoms with Crippen molar-refractivity contribution in [2.45, 2.75) is 43.2 Å². The van der Waals surface area contributed by atoms with Crippen LogP contribution < -0.4 is 0 Å². The second kappa shape index (κ2) is 4.85. The van der Waals surface area contributed by atoms with Gasteiger partial charge in [-0.25, -0.2) is 12.8 Å². The Hall–Kier alpha value is -0.980. The average Bonchev–Trinajstić information content (AvgIpc) is 2.78. The molecule has 106 valence electrons. The molecule has 0 bridgehead atoms. The van der Waals surface area contributed by atoms with Gasteiger partial charge in [0, 0.05) is 6.54 Å². The van der Waals surface area contributed by atoms with Crippen molar-refractivity contribution in [1.82, 2.24) is 4.31 Å². The van der Waals surface area contributed by atoms with E-state index < -0.39 is 27.5 Å². The minimum Gasteiger partial charge on any atom is -0.389 e. The summed E-state index contributed by atoms with van der Waals surface area (Å²) >= 11 is 0. The van der Waals surface area contributed by atoms with E-state index in [9.17, 15) is 17.9 Å². The first-order valence-corrected chi connectivity index (χ1v) is 7.67. The van der Waals surface area contributed by atoms with Crippen molar-refractivity contribution in [3.63, 3.8) is 0 Å². The molecular weight excluding hydrogens is 269 g/mol. The lowest BCUT2D eigenvalue weighted by Crippen LogP contribution is -2.48. The van der Waals surface area contributed by atoms with Gasteiger partial charge in [-0.2, -0.15) is 4.31 Å². The Morgan fingerprint density at radius 1 is 1.37 bits per heavy atom. The number of aliphatic hydroxyl groups is 1. The molecule has 1 aromatic rings. The van der Waals surface area contributed by atoms with Gasteiger partial charge in [0.2, 0.25) is 10.0 Å². The molecule has 4 nitrogen and oxygen atoms in total. The molecule has 0 spiro atoms. The molecule has 1 fully saturated rings. The highest BCUT2D eigenvalue weighted by Crippen LogP contribution is 2.32. The molecule has 0 radical (unpaired) electrons. The van der Waals surface area contributed by atoms with Gasteiger partial charge in [-0.1, -0.05) is 12.1 Å². The van der Waals surface area contributed by atoms with Gasteiger partial charge in [0.1, 0.15) is 10.7 Å². The van der Waals surface area contributed by atoms with Crippen molar-refractivity contribution < 1.29 is 17.9 Å². The average molecular weight is 287 g/mol. The fraction of sp³-hybridized carbons (Fsp3) is 0.538. The minimum atomic E-state index is -3.90. The van der Waals surface area contributed by atoms with E-state index in [0.29, 0.717) is 19.4 Å². The van der Waals surface area contributed by atoms with E-state index in [1.54, 1.807) is 13.8 Å². The molecule has 0 aromatic heterocycles. The maximum absolute atomic E-state index is 13.7. The van der Waals surface area contributed by atoms with Gasteiger partial charge in [-0.05, 0) is 38.8 Å². The largest absolute Gasteiger partial charge is 0.389 e. The first-order valence-electron chi connectivity index (χ1n) is 6.23. The van der Waals surface area contributed by atoms with Gasteiger partial charge < -0.3 is 5.11 Å². The molecule has 1 atom stereocenters. The number of nitrogens with zero attached hydrogens (tertiary/aromatic N) is 1. The highest BCUT2D eigenvalue weighted by Gasteiger charge is 2.43. The molecule has 6 heteroatoms. The lowest BCUT2D eigenvalue weighted by atomic mass is 9.98. The minimum absolute atomic E-state index is 0.311. The monoisotopic (exact) mass is 287 g/mol. The Morgan fingerprint density at radius 2 is 2.00 bits per heavy atom. The fourth-order valence-corrected chi connectivity index (χ4v) is 4.40. The Morgan fingerprint density at radius 3 is 2.58 bits per heavy atom. The summed E-state index contributed by atoms with van der Waals surface area (Å²) in [6.45, 7) is 3.46. The Labute approximate surface area is 112 Å². The second-order valence-electron chi connectivity index (χ2n) is 5.36. The van der Waals surface area contributed by atoms with Crippen LogP contribution in [0.1, 0.15) is 26.7 Å². The lowest BCUT2D eigenvalue weighted by Gasteiger charge is -2.33. The van der Waals surface area contributed by atoms with Crippen molar-refractivity contribution in [1.29, 1.82) is 0 Å². The van der Waals surface area contributed by atoms with E-state index >= 15 is 0 Å². The van der Waals surface area contributed by atoms with Crippen LogP contribution in [0.15, 0.2) is 29.2 Å². The molecule has 1 aromatic carbocycles. The second-order valence-corrected chi connectivity index (χ2v) is 7.22. The first-order chi connectivity index (χ1) is 8.74.